The van der Waals surface area contributed by atoms with Gasteiger partial charge in [0.1, 0.15) is 11.4 Å². The van der Waals surface area contributed by atoms with E-state index in [0.717, 1.165) is 6.07 Å². The minimum atomic E-state index is -1.24. The predicted octanol–water partition coefficient (Wildman–Crippen LogP) is 4.07. The first-order valence-corrected chi connectivity index (χ1v) is 11.9. The lowest BCUT2D eigenvalue weighted by atomic mass is 9.80. The number of nitrogens with zero attached hydrogens (tertiary/aromatic N) is 2. The quantitative estimate of drug-likeness (QED) is 0.660. The molecule has 8 nitrogen and oxygen atoms in total. The Kier molecular flexibility index (Phi) is 6.77. The molecule has 3 atom stereocenters. The fourth-order valence-electron chi connectivity index (χ4n) is 4.18. The van der Waals surface area contributed by atoms with Gasteiger partial charge in [-0.25, -0.2) is 23.6 Å². The summed E-state index contributed by atoms with van der Waals surface area (Å²) < 4.78 is 40.4. The van der Waals surface area contributed by atoms with Crippen LogP contribution in [0, 0.1) is 17.7 Å². The SMILES string of the molecule is CC(C)(C)OC(=O)NC1=N[C@@]2(C3CC(NC(=O)c4ncccc4F)=CC=C3F)OCC[C@H]2CS1. The van der Waals surface area contributed by atoms with E-state index in [0.29, 0.717) is 24.5 Å². The fraction of sp³-hybridized carbons (Fsp3) is 0.478. The number of halogens is 2. The summed E-state index contributed by atoms with van der Waals surface area (Å²) in [4.78, 5) is 33.2. The van der Waals surface area contributed by atoms with Crippen molar-refractivity contribution < 1.29 is 27.8 Å². The zero-order valence-electron chi connectivity index (χ0n) is 19.1. The number of hydrogen-bond acceptors (Lipinski definition) is 7. The number of amides is 2. The largest absolute Gasteiger partial charge is 0.444 e. The average molecular weight is 493 g/mol. The van der Waals surface area contributed by atoms with Crippen molar-refractivity contribution in [2.75, 3.05) is 12.4 Å². The summed E-state index contributed by atoms with van der Waals surface area (Å²) in [5.74, 6) is -2.27. The van der Waals surface area contributed by atoms with Gasteiger partial charge in [0.05, 0.1) is 12.5 Å². The molecule has 1 saturated heterocycles. The molecule has 0 radical (unpaired) electrons. The zero-order valence-corrected chi connectivity index (χ0v) is 19.9. The van der Waals surface area contributed by atoms with Crippen molar-refractivity contribution in [3.63, 3.8) is 0 Å². The number of carbonyl (C=O) groups is 2. The lowest BCUT2D eigenvalue weighted by molar-refractivity contribution is -0.0534. The summed E-state index contributed by atoms with van der Waals surface area (Å²) >= 11 is 1.35. The maximum atomic E-state index is 15.1. The van der Waals surface area contributed by atoms with Gasteiger partial charge in [0, 0.05) is 30.0 Å². The van der Waals surface area contributed by atoms with Crippen LogP contribution in [0.1, 0.15) is 44.1 Å². The fourth-order valence-corrected chi connectivity index (χ4v) is 5.31. The van der Waals surface area contributed by atoms with Crippen LogP contribution >= 0.6 is 11.8 Å². The Labute approximate surface area is 200 Å². The highest BCUT2D eigenvalue weighted by Crippen LogP contribution is 2.50. The first kappa shape index (κ1) is 24.3. The molecule has 1 fully saturated rings. The number of nitrogens with one attached hydrogen (secondary N) is 2. The number of aliphatic imine (C=N–C) groups is 1. The van der Waals surface area contributed by atoms with Crippen LogP contribution in [-0.4, -0.2) is 45.8 Å². The standard InChI is InChI=1S/C23H26F2N4O4S/c1-22(2,3)33-21(31)28-20-29-23(13(12-34-20)8-10-32-23)15-11-14(6-7-16(15)24)27-19(30)18-17(25)5-4-9-26-18/h4-7,9,13,15H,8,10-12H2,1-3H3,(H,27,30)(H,28,29,31)/t13-,15?,23+/m0/s1. The smallest absolute Gasteiger partial charge is 0.413 e. The molecule has 0 bridgehead atoms. The number of rotatable bonds is 3. The van der Waals surface area contributed by atoms with E-state index < -0.39 is 40.9 Å². The molecule has 11 heteroatoms. The summed E-state index contributed by atoms with van der Waals surface area (Å²) in [6.45, 7) is 5.65. The average Bonchev–Trinajstić information content (AvgIpc) is 3.18. The molecule has 0 saturated carbocycles. The van der Waals surface area contributed by atoms with Crippen LogP contribution in [0.5, 0.6) is 0 Å². The van der Waals surface area contributed by atoms with Gasteiger partial charge in [0.15, 0.2) is 22.4 Å². The molecular formula is C23H26F2N4O4S. The molecule has 2 amide bonds. The van der Waals surface area contributed by atoms with Gasteiger partial charge in [-0.05, 0) is 51.5 Å². The zero-order chi connectivity index (χ0) is 24.5. The molecule has 2 N–H and O–H groups in total. The van der Waals surface area contributed by atoms with Crippen LogP contribution in [0.4, 0.5) is 13.6 Å². The second-order valence-corrected chi connectivity index (χ2v) is 10.2. The van der Waals surface area contributed by atoms with E-state index in [4.69, 9.17) is 9.47 Å². The second kappa shape index (κ2) is 9.46. The van der Waals surface area contributed by atoms with Crippen molar-refractivity contribution in [1.29, 1.82) is 0 Å². The monoisotopic (exact) mass is 492 g/mol. The molecule has 1 aliphatic carbocycles. The number of aromatic nitrogens is 1. The lowest BCUT2D eigenvalue weighted by Gasteiger charge is -2.41. The van der Waals surface area contributed by atoms with Crippen molar-refractivity contribution in [3.8, 4) is 0 Å². The number of carbonyl (C=O) groups excluding carboxylic acids is 2. The molecule has 1 aromatic rings. The third-order valence-electron chi connectivity index (χ3n) is 5.64. The maximum Gasteiger partial charge on any atom is 0.413 e. The second-order valence-electron chi connectivity index (χ2n) is 9.23. The van der Waals surface area contributed by atoms with Gasteiger partial charge in [-0.1, -0.05) is 11.8 Å². The van der Waals surface area contributed by atoms with Crippen molar-refractivity contribution in [2.24, 2.45) is 16.8 Å². The first-order valence-electron chi connectivity index (χ1n) is 10.9. The third-order valence-corrected chi connectivity index (χ3v) is 6.67. The Balaban J connectivity index is 1.55. The van der Waals surface area contributed by atoms with Gasteiger partial charge in [-0.2, -0.15) is 0 Å². The highest BCUT2D eigenvalue weighted by atomic mass is 32.2. The minimum absolute atomic E-state index is 0.0763. The number of amidine groups is 1. The molecule has 4 rings (SSSR count). The van der Waals surface area contributed by atoms with Crippen molar-refractivity contribution in [1.82, 2.24) is 15.6 Å². The molecule has 0 spiro atoms. The number of allylic oxidation sites excluding steroid dienone is 3. The number of hydrogen-bond donors (Lipinski definition) is 2. The van der Waals surface area contributed by atoms with Crippen molar-refractivity contribution in [2.45, 2.75) is 44.9 Å². The maximum absolute atomic E-state index is 15.1. The summed E-state index contributed by atoms with van der Waals surface area (Å²) in [5, 5.41) is 5.54. The van der Waals surface area contributed by atoms with Crippen LogP contribution in [-0.2, 0) is 9.47 Å². The van der Waals surface area contributed by atoms with E-state index in [1.807, 2.05) is 0 Å². The molecule has 0 aromatic carbocycles. The van der Waals surface area contributed by atoms with E-state index in [1.54, 1.807) is 20.8 Å². The van der Waals surface area contributed by atoms with Gasteiger partial charge in [-0.3, -0.25) is 10.1 Å². The minimum Gasteiger partial charge on any atom is -0.444 e. The van der Waals surface area contributed by atoms with E-state index in [9.17, 15) is 14.0 Å². The van der Waals surface area contributed by atoms with E-state index in [-0.39, 0.29) is 23.2 Å². The molecule has 3 heterocycles. The Morgan fingerprint density at radius 2 is 2.06 bits per heavy atom. The Morgan fingerprint density at radius 1 is 1.26 bits per heavy atom. The Bertz CT molecular complexity index is 1080. The molecule has 182 valence electrons. The normalized spacial score (nSPS) is 26.6. The molecule has 2 aliphatic heterocycles. The van der Waals surface area contributed by atoms with Gasteiger partial charge in [0.25, 0.3) is 5.91 Å². The Hall–Kier alpha value is -2.79. The Morgan fingerprint density at radius 3 is 2.79 bits per heavy atom. The number of pyridine rings is 1. The molecule has 34 heavy (non-hydrogen) atoms. The lowest BCUT2D eigenvalue weighted by Crippen LogP contribution is -2.49. The van der Waals surface area contributed by atoms with E-state index in [1.165, 1.54) is 36.2 Å². The van der Waals surface area contributed by atoms with Crippen LogP contribution < -0.4 is 10.6 Å². The van der Waals surface area contributed by atoms with Crippen molar-refractivity contribution >= 4 is 28.9 Å². The topological polar surface area (TPSA) is 102 Å². The van der Waals surface area contributed by atoms with Crippen LogP contribution in [0.3, 0.4) is 0 Å². The van der Waals surface area contributed by atoms with Gasteiger partial charge in [-0.15, -0.1) is 0 Å². The third kappa shape index (κ3) is 5.15. The number of fused-ring (bicyclic) bond motifs is 1. The van der Waals surface area contributed by atoms with E-state index in [2.05, 4.69) is 20.6 Å². The van der Waals surface area contributed by atoms with Crippen molar-refractivity contribution in [3.05, 3.63) is 53.5 Å². The van der Waals surface area contributed by atoms with Gasteiger partial charge in [0.2, 0.25) is 0 Å². The number of thioether (sulfide) groups is 1. The first-order chi connectivity index (χ1) is 16.1. The van der Waals surface area contributed by atoms with Crippen LogP contribution in [0.25, 0.3) is 0 Å². The predicted molar refractivity (Wildman–Crippen MR) is 123 cm³/mol. The van der Waals surface area contributed by atoms with Crippen LogP contribution in [0.15, 0.2) is 47.0 Å². The van der Waals surface area contributed by atoms with Gasteiger partial charge >= 0.3 is 6.09 Å². The molecule has 1 unspecified atom stereocenters. The summed E-state index contributed by atoms with van der Waals surface area (Å²) in [6.07, 6.45) is 4.11. The highest BCUT2D eigenvalue weighted by Gasteiger charge is 2.54. The summed E-state index contributed by atoms with van der Waals surface area (Å²) in [6, 6.07) is 2.53. The van der Waals surface area contributed by atoms with Gasteiger partial charge < -0.3 is 14.8 Å². The molecule has 3 aliphatic rings. The summed E-state index contributed by atoms with van der Waals surface area (Å²) in [7, 11) is 0. The number of alkyl carbamates (subject to hydrolysis) is 1. The van der Waals surface area contributed by atoms with Crippen LogP contribution in [0.2, 0.25) is 0 Å². The highest BCUT2D eigenvalue weighted by molar-refractivity contribution is 8.13. The number of ether oxygens (including phenoxy) is 2. The molecule has 1 aromatic heterocycles. The summed E-state index contributed by atoms with van der Waals surface area (Å²) in [5.41, 5.74) is -1.88. The van der Waals surface area contributed by atoms with E-state index >= 15 is 4.39 Å². The molecular weight excluding hydrogens is 466 g/mol.